The Balaban J connectivity index is 0. The molecule has 18 valence electrons. The van der Waals surface area contributed by atoms with Crippen LogP contribution in [0.1, 0.15) is 0 Å². The maximum absolute atomic E-state index is 5.97. The Morgan fingerprint density at radius 3 is 1.80 bits per heavy atom. The monoisotopic (exact) mass is 72.0 g/mol. The molecule has 0 fully saturated rings. The molecular weight excluding hydrogens is 71.0 g/mol. The number of rotatable bonds is 0. The van der Waals surface area contributed by atoms with E-state index in [1.165, 1.54) is 0 Å². The first-order valence-electron chi connectivity index (χ1n) is 0.789. The normalized spacial score (nSPS) is 2.00. The van der Waals surface area contributed by atoms with Crippen LogP contribution < -0.4 is 29.6 Å². The maximum atomic E-state index is 5.97. The van der Waals surface area contributed by atoms with E-state index in [0.29, 0.717) is 0 Å². The van der Waals surface area contributed by atoms with Crippen LogP contribution in [-0.4, -0.2) is 0 Å². The standard InChI is InChI=1S/C4H.Na/c1-3-4-2;/h1H;/q-1;+1. The van der Waals surface area contributed by atoms with Gasteiger partial charge in [-0.25, -0.2) is 6.42 Å². The van der Waals surface area contributed by atoms with Crippen LogP contribution in [-0.2, 0) is 0 Å². The fourth-order valence-corrected chi connectivity index (χ4v) is 0. The summed E-state index contributed by atoms with van der Waals surface area (Å²) in [6, 6.07) is 0. The van der Waals surface area contributed by atoms with Crippen LogP contribution >= 0.6 is 0 Å². The molecule has 0 N–H and O–H groups in total. The molecule has 0 bridgehead atoms. The third-order valence-electron chi connectivity index (χ3n) is 0.0722. The van der Waals surface area contributed by atoms with E-state index in [9.17, 15) is 0 Å². The van der Waals surface area contributed by atoms with Gasteiger partial charge in [0.2, 0.25) is 0 Å². The Morgan fingerprint density at radius 1 is 1.60 bits per heavy atom. The van der Waals surface area contributed by atoms with Crippen molar-refractivity contribution in [3.63, 3.8) is 0 Å². The molecule has 5 heavy (non-hydrogen) atoms. The van der Waals surface area contributed by atoms with Gasteiger partial charge in [-0.2, -0.15) is 0 Å². The van der Waals surface area contributed by atoms with Gasteiger partial charge >= 0.3 is 29.6 Å². The summed E-state index contributed by atoms with van der Waals surface area (Å²) in [6.45, 7) is 0. The van der Waals surface area contributed by atoms with Gasteiger partial charge in [0.1, 0.15) is 0 Å². The van der Waals surface area contributed by atoms with Crippen LogP contribution in [0.4, 0.5) is 0 Å². The molecule has 0 amide bonds. The van der Waals surface area contributed by atoms with E-state index >= 15 is 0 Å². The Kier molecular flexibility index (Phi) is 15.9. The average Bonchev–Trinajstić information content (AvgIpc) is 1.37. The van der Waals surface area contributed by atoms with Crippen LogP contribution in [0.5, 0.6) is 0 Å². The van der Waals surface area contributed by atoms with Crippen molar-refractivity contribution in [2.45, 2.75) is 0 Å². The van der Waals surface area contributed by atoms with Crippen molar-refractivity contribution in [1.29, 1.82) is 0 Å². The molecule has 0 nitrogen and oxygen atoms in total. The van der Waals surface area contributed by atoms with Crippen LogP contribution in [0.25, 0.3) is 0 Å². The molecule has 0 heterocycles. The van der Waals surface area contributed by atoms with E-state index in [4.69, 9.17) is 6.42 Å². The molecule has 0 aromatic carbocycles. The zero-order chi connectivity index (χ0) is 3.41. The molecule has 0 saturated carbocycles. The minimum atomic E-state index is 0. The molecule has 0 radical (unpaired) electrons. The average molecular weight is 72.0 g/mol. The van der Waals surface area contributed by atoms with E-state index in [2.05, 4.69) is 6.42 Å². The summed E-state index contributed by atoms with van der Waals surface area (Å²) in [4.78, 5) is 0. The fraction of sp³-hybridized carbons (Fsp3) is 0. The van der Waals surface area contributed by atoms with Crippen LogP contribution in [0.15, 0.2) is 0 Å². The molecule has 0 atom stereocenters. The molecule has 0 aromatic rings. The van der Waals surface area contributed by atoms with Crippen molar-refractivity contribution in [2.24, 2.45) is 0 Å². The Labute approximate surface area is 54.2 Å². The van der Waals surface area contributed by atoms with E-state index in [0.717, 1.165) is 0 Å². The summed E-state index contributed by atoms with van der Waals surface area (Å²) in [5.74, 6) is 3.56. The summed E-state index contributed by atoms with van der Waals surface area (Å²) >= 11 is 0. The minimum absolute atomic E-state index is 0. The van der Waals surface area contributed by atoms with Gasteiger partial charge in [-0.05, 0) is 0 Å². The summed E-state index contributed by atoms with van der Waals surface area (Å²) in [7, 11) is 0. The molecule has 0 spiro atoms. The first kappa shape index (κ1) is 8.93. The molecule has 0 aliphatic rings. The van der Waals surface area contributed by atoms with Crippen LogP contribution in [0, 0.1) is 24.7 Å². The topological polar surface area (TPSA) is 0 Å². The zero-order valence-electron chi connectivity index (χ0n) is 3.08. The van der Waals surface area contributed by atoms with Crippen LogP contribution in [0.3, 0.4) is 0 Å². The number of hydrogen-bond donors (Lipinski definition) is 0. The Bertz CT molecular complexity index is 58.6. The Morgan fingerprint density at radius 2 is 1.80 bits per heavy atom. The second-order valence-electron chi connectivity index (χ2n) is 0.269. The summed E-state index contributed by atoms with van der Waals surface area (Å²) in [5, 5.41) is 0. The smallest absolute Gasteiger partial charge is 0.358 e. The van der Waals surface area contributed by atoms with Gasteiger partial charge in [-0.3, -0.25) is 11.8 Å². The van der Waals surface area contributed by atoms with Crippen molar-refractivity contribution >= 4 is 0 Å². The molecule has 0 aliphatic heterocycles. The van der Waals surface area contributed by atoms with E-state index in [1.807, 2.05) is 5.92 Å². The number of hydrogen-bond acceptors (Lipinski definition) is 0. The van der Waals surface area contributed by atoms with Gasteiger partial charge in [0.05, 0.1) is 0 Å². The van der Waals surface area contributed by atoms with Crippen molar-refractivity contribution in [1.82, 2.24) is 0 Å². The van der Waals surface area contributed by atoms with Gasteiger partial charge in [0.15, 0.2) is 0 Å². The maximum Gasteiger partial charge on any atom is 1.00 e. The van der Waals surface area contributed by atoms with Gasteiger partial charge in [-0.1, -0.05) is 0 Å². The first-order chi connectivity index (χ1) is 1.91. The molecular formula is C4HNa. The second kappa shape index (κ2) is 8.92. The SMILES string of the molecule is [C-]#CC#C.[Na+]. The second-order valence-corrected chi connectivity index (χ2v) is 0.269. The predicted octanol–water partition coefficient (Wildman–Crippen LogP) is -2.79. The van der Waals surface area contributed by atoms with Crippen LogP contribution in [0.2, 0.25) is 0 Å². The van der Waals surface area contributed by atoms with Gasteiger partial charge in [0, 0.05) is 0 Å². The largest absolute Gasteiger partial charge is 1.00 e. The van der Waals surface area contributed by atoms with Crippen molar-refractivity contribution < 1.29 is 29.6 Å². The zero-order valence-corrected chi connectivity index (χ0v) is 5.08. The van der Waals surface area contributed by atoms with Gasteiger partial charge in [0.25, 0.3) is 0 Å². The van der Waals surface area contributed by atoms with Crippen molar-refractivity contribution in [2.75, 3.05) is 0 Å². The third kappa shape index (κ3) is 14.8. The summed E-state index contributed by atoms with van der Waals surface area (Å²) in [6.07, 6.45) is 10.4. The molecule has 0 aliphatic carbocycles. The fourth-order valence-electron chi connectivity index (χ4n) is 0. The summed E-state index contributed by atoms with van der Waals surface area (Å²) in [5.41, 5.74) is 0. The van der Waals surface area contributed by atoms with Gasteiger partial charge < -0.3 is 6.42 Å². The summed E-state index contributed by atoms with van der Waals surface area (Å²) < 4.78 is 0. The molecule has 1 heteroatoms. The quantitative estimate of drug-likeness (QED) is 0.165. The van der Waals surface area contributed by atoms with Crippen molar-refractivity contribution in [3.8, 4) is 18.3 Å². The van der Waals surface area contributed by atoms with E-state index in [1.54, 1.807) is 5.92 Å². The van der Waals surface area contributed by atoms with E-state index < -0.39 is 0 Å². The Hall–Kier alpha value is 0.120. The molecule has 0 unspecified atom stereocenters. The number of terminal acetylenes is 1. The molecule has 0 rings (SSSR count). The minimum Gasteiger partial charge on any atom is -0.358 e. The molecule has 0 aromatic heterocycles. The van der Waals surface area contributed by atoms with Crippen molar-refractivity contribution in [3.05, 3.63) is 6.42 Å². The third-order valence-corrected chi connectivity index (χ3v) is 0.0722. The van der Waals surface area contributed by atoms with E-state index in [-0.39, 0.29) is 29.6 Å². The molecule has 0 saturated heterocycles. The first-order valence-corrected chi connectivity index (χ1v) is 0.789. The predicted molar refractivity (Wildman–Crippen MR) is 16.0 cm³/mol. The van der Waals surface area contributed by atoms with Gasteiger partial charge in [-0.15, -0.1) is 0 Å².